The van der Waals surface area contributed by atoms with E-state index in [2.05, 4.69) is 4.98 Å². The molecule has 0 saturated heterocycles. The van der Waals surface area contributed by atoms with Gasteiger partial charge < -0.3 is 0 Å². The molecule has 1 rings (SSSR count). The number of anilines is 1. The van der Waals surface area contributed by atoms with Crippen LogP contribution in [0.15, 0.2) is 12.3 Å². The third kappa shape index (κ3) is 1.49. The molecule has 0 spiro atoms. The van der Waals surface area contributed by atoms with Crippen LogP contribution in [0.2, 0.25) is 5.02 Å². The van der Waals surface area contributed by atoms with Crippen LogP contribution < -0.4 is 9.31 Å². The fourth-order valence-electron chi connectivity index (χ4n) is 0.460. The first-order valence-corrected chi connectivity index (χ1v) is 4.14. The summed E-state index contributed by atoms with van der Waals surface area (Å²) in [6, 6.07) is 1.86. The van der Waals surface area contributed by atoms with Crippen molar-refractivity contribution < 1.29 is 0 Å². The van der Waals surface area contributed by atoms with Gasteiger partial charge in [0.25, 0.3) is 0 Å². The average molecular weight is 246 g/mol. The van der Waals surface area contributed by atoms with Crippen molar-refractivity contribution >= 4 is 43.5 Å². The second-order valence-corrected chi connectivity index (χ2v) is 3.47. The predicted molar refractivity (Wildman–Crippen MR) is 39.0 cm³/mol. The van der Waals surface area contributed by atoms with Crippen LogP contribution in [0.25, 0.3) is 0 Å². The first-order valence-electron chi connectivity index (χ1n) is 2.33. The van der Waals surface area contributed by atoms with Gasteiger partial charge in [0.2, 0.25) is 0 Å². The molecule has 0 aliphatic rings. The molecule has 0 saturated carbocycles. The van der Waals surface area contributed by atoms with Crippen molar-refractivity contribution in [2.45, 2.75) is 0 Å². The number of rotatable bonds is 0. The first kappa shape index (κ1) is 7.15. The van der Waals surface area contributed by atoms with Gasteiger partial charge in [-0.15, -0.1) is 0 Å². The van der Waals surface area contributed by atoms with Crippen LogP contribution in [0.3, 0.4) is 0 Å². The Morgan fingerprint density at radius 2 is 2.33 bits per heavy atom. The number of nitrogens with zero attached hydrogens (tertiary/aromatic N) is 1. The molecular formula is C5H4ClN2Sn. The van der Waals surface area contributed by atoms with Gasteiger partial charge in [0.05, 0.1) is 0 Å². The van der Waals surface area contributed by atoms with E-state index in [1.54, 1.807) is 6.20 Å². The summed E-state index contributed by atoms with van der Waals surface area (Å²) in [4.78, 5) is 3.80. The Labute approximate surface area is 71.5 Å². The van der Waals surface area contributed by atoms with Crippen molar-refractivity contribution in [2.24, 2.45) is 0 Å². The molecule has 0 fully saturated rings. The number of nitrogens with two attached hydrogens (primary N) is 1. The van der Waals surface area contributed by atoms with E-state index in [1.165, 1.54) is 22.5 Å². The molecule has 1 aromatic rings. The average Bonchev–Trinajstić information content (AvgIpc) is 1.83. The molecule has 0 atom stereocenters. The van der Waals surface area contributed by atoms with Crippen molar-refractivity contribution in [1.82, 2.24) is 4.98 Å². The number of hydrogen-bond acceptors (Lipinski definition) is 2. The Balaban J connectivity index is 3.25. The van der Waals surface area contributed by atoms with Gasteiger partial charge in [-0.05, 0) is 0 Å². The summed E-state index contributed by atoms with van der Waals surface area (Å²) in [6.45, 7) is 0. The molecular weight excluding hydrogens is 242 g/mol. The van der Waals surface area contributed by atoms with E-state index in [4.69, 9.17) is 17.3 Å². The summed E-state index contributed by atoms with van der Waals surface area (Å²) in [5.74, 6) is 0.422. The molecule has 0 bridgehead atoms. The van der Waals surface area contributed by atoms with Gasteiger partial charge in [-0.2, -0.15) is 0 Å². The maximum atomic E-state index is 5.71. The zero-order chi connectivity index (χ0) is 6.85. The SMILES string of the molecule is Nc1ncc[c]([Sn])c1Cl. The monoisotopic (exact) mass is 247 g/mol. The molecule has 4 heteroatoms. The van der Waals surface area contributed by atoms with Gasteiger partial charge in [0.15, 0.2) is 0 Å². The van der Waals surface area contributed by atoms with Crippen LogP contribution in [0.4, 0.5) is 5.82 Å². The Bertz CT molecular complexity index is 206. The summed E-state index contributed by atoms with van der Waals surface area (Å²) in [6.07, 6.45) is 1.66. The van der Waals surface area contributed by atoms with Crippen LogP contribution in [-0.4, -0.2) is 27.5 Å². The second-order valence-electron chi connectivity index (χ2n) is 1.56. The fraction of sp³-hybridized carbons (Fsp3) is 0. The molecule has 0 aliphatic heterocycles. The molecule has 9 heavy (non-hydrogen) atoms. The number of hydrogen-bond donors (Lipinski definition) is 1. The minimum absolute atomic E-state index is 0.422. The molecule has 0 unspecified atom stereocenters. The molecule has 0 aromatic carbocycles. The third-order valence-corrected chi connectivity index (χ3v) is 2.95. The van der Waals surface area contributed by atoms with Crippen molar-refractivity contribution in [1.29, 1.82) is 0 Å². The van der Waals surface area contributed by atoms with Crippen molar-refractivity contribution in [3.8, 4) is 0 Å². The minimum atomic E-state index is 0.422. The molecule has 1 heterocycles. The fourth-order valence-corrected chi connectivity index (χ4v) is 1.15. The van der Waals surface area contributed by atoms with Crippen LogP contribution in [0, 0.1) is 0 Å². The summed E-state index contributed by atoms with van der Waals surface area (Å²) < 4.78 is 1.05. The normalized spacial score (nSPS) is 9.56. The Kier molecular flexibility index (Phi) is 2.18. The maximum absolute atomic E-state index is 5.71. The van der Waals surface area contributed by atoms with E-state index in [0.717, 1.165) is 3.58 Å². The number of halogens is 1. The van der Waals surface area contributed by atoms with Crippen molar-refractivity contribution in [2.75, 3.05) is 5.73 Å². The standard InChI is InChI=1S/C5H4ClN2.Sn/c6-4-2-1-3-8-5(4)7;/h1,3H,(H2,7,8);. The Morgan fingerprint density at radius 3 is 2.78 bits per heavy atom. The molecule has 45 valence electrons. The molecule has 2 N–H and O–H groups in total. The zero-order valence-corrected chi connectivity index (χ0v) is 8.17. The Morgan fingerprint density at radius 1 is 1.67 bits per heavy atom. The van der Waals surface area contributed by atoms with Gasteiger partial charge in [0, 0.05) is 0 Å². The first-order chi connectivity index (χ1) is 4.22. The number of pyridine rings is 1. The van der Waals surface area contributed by atoms with Crippen molar-refractivity contribution in [3.05, 3.63) is 17.3 Å². The summed E-state index contributed by atoms with van der Waals surface area (Å²) in [5.41, 5.74) is 5.39. The topological polar surface area (TPSA) is 38.9 Å². The second kappa shape index (κ2) is 2.75. The molecule has 0 amide bonds. The Hall–Kier alpha value is 0.0387. The van der Waals surface area contributed by atoms with Gasteiger partial charge in [0.1, 0.15) is 0 Å². The number of aromatic nitrogens is 1. The number of nitrogen functional groups attached to an aromatic ring is 1. The van der Waals surface area contributed by atoms with Crippen LogP contribution in [-0.2, 0) is 0 Å². The molecule has 2 nitrogen and oxygen atoms in total. The van der Waals surface area contributed by atoms with E-state index < -0.39 is 0 Å². The summed E-state index contributed by atoms with van der Waals surface area (Å²) in [5, 5.41) is 0.593. The van der Waals surface area contributed by atoms with E-state index in [-0.39, 0.29) is 0 Å². The molecule has 0 aliphatic carbocycles. The molecule has 1 aromatic heterocycles. The van der Waals surface area contributed by atoms with Gasteiger partial charge in [-0.1, -0.05) is 0 Å². The van der Waals surface area contributed by atoms with E-state index in [0.29, 0.717) is 10.8 Å². The van der Waals surface area contributed by atoms with Crippen LogP contribution in [0.1, 0.15) is 0 Å². The van der Waals surface area contributed by atoms with Crippen LogP contribution >= 0.6 is 11.6 Å². The predicted octanol–water partition coefficient (Wildman–Crippen LogP) is 0.111. The zero-order valence-electron chi connectivity index (χ0n) is 4.56. The van der Waals surface area contributed by atoms with E-state index in [1.807, 2.05) is 6.07 Å². The summed E-state index contributed by atoms with van der Waals surface area (Å²) in [7, 11) is 0. The quantitative estimate of drug-likeness (QED) is 0.660. The molecule has 3 radical (unpaired) electrons. The van der Waals surface area contributed by atoms with Gasteiger partial charge >= 0.3 is 71.5 Å². The van der Waals surface area contributed by atoms with Crippen LogP contribution in [0.5, 0.6) is 0 Å². The van der Waals surface area contributed by atoms with Gasteiger partial charge in [-0.25, -0.2) is 0 Å². The summed E-state index contributed by atoms with van der Waals surface area (Å²) >= 11 is 6.98. The van der Waals surface area contributed by atoms with E-state index >= 15 is 0 Å². The van der Waals surface area contributed by atoms with Gasteiger partial charge in [-0.3, -0.25) is 0 Å². The third-order valence-electron chi connectivity index (χ3n) is 0.916. The van der Waals surface area contributed by atoms with Crippen molar-refractivity contribution in [3.63, 3.8) is 0 Å². The van der Waals surface area contributed by atoms with E-state index in [9.17, 15) is 0 Å².